The number of nitrogens with two attached hydrogens (primary N) is 1. The standard InChI is InChI=1S/C10H23N3O2S.ClH/c1-9-4-6-13(7-5-9)16(14,15)12-10(2,3)8-11;/h9,12H,4-8,11H2,1-3H3;1H. The van der Waals surface area contributed by atoms with Gasteiger partial charge in [0, 0.05) is 25.2 Å². The van der Waals surface area contributed by atoms with Gasteiger partial charge < -0.3 is 5.73 Å². The fourth-order valence-corrected chi connectivity index (χ4v) is 3.28. The molecule has 0 spiro atoms. The lowest BCUT2D eigenvalue weighted by Gasteiger charge is -2.33. The normalized spacial score (nSPS) is 20.0. The maximum Gasteiger partial charge on any atom is 0.279 e. The number of rotatable bonds is 4. The van der Waals surface area contributed by atoms with E-state index in [9.17, 15) is 8.42 Å². The summed E-state index contributed by atoms with van der Waals surface area (Å²) in [5, 5.41) is 0. The molecule has 1 heterocycles. The molecule has 0 aromatic rings. The molecule has 1 aliphatic rings. The van der Waals surface area contributed by atoms with Gasteiger partial charge in [0.05, 0.1) is 0 Å². The van der Waals surface area contributed by atoms with Crippen molar-refractivity contribution in [2.24, 2.45) is 11.7 Å². The van der Waals surface area contributed by atoms with E-state index in [4.69, 9.17) is 5.73 Å². The van der Waals surface area contributed by atoms with E-state index in [1.165, 1.54) is 4.31 Å². The molecule has 0 saturated carbocycles. The number of hydrogen-bond acceptors (Lipinski definition) is 3. The van der Waals surface area contributed by atoms with Crippen molar-refractivity contribution < 1.29 is 8.42 Å². The lowest BCUT2D eigenvalue weighted by atomic mass is 10.0. The van der Waals surface area contributed by atoms with Crippen LogP contribution in [0.25, 0.3) is 0 Å². The molecule has 1 saturated heterocycles. The smallest absolute Gasteiger partial charge is 0.279 e. The predicted molar refractivity (Wildman–Crippen MR) is 72.4 cm³/mol. The third-order valence-corrected chi connectivity index (χ3v) is 4.85. The topological polar surface area (TPSA) is 75.4 Å². The van der Waals surface area contributed by atoms with Gasteiger partial charge in [-0.05, 0) is 32.6 Å². The van der Waals surface area contributed by atoms with Crippen molar-refractivity contribution in [1.82, 2.24) is 9.03 Å². The quantitative estimate of drug-likeness (QED) is 0.799. The summed E-state index contributed by atoms with van der Waals surface area (Å²) in [7, 11) is -3.37. The molecule has 5 nitrogen and oxygen atoms in total. The highest BCUT2D eigenvalue weighted by Gasteiger charge is 2.30. The minimum atomic E-state index is -3.37. The second kappa shape index (κ2) is 6.33. The van der Waals surface area contributed by atoms with Gasteiger partial charge in [0.15, 0.2) is 0 Å². The van der Waals surface area contributed by atoms with Crippen LogP contribution in [0.4, 0.5) is 0 Å². The minimum absolute atomic E-state index is 0. The third kappa shape index (κ3) is 5.09. The van der Waals surface area contributed by atoms with E-state index in [2.05, 4.69) is 11.6 Å². The summed E-state index contributed by atoms with van der Waals surface area (Å²) < 4.78 is 28.2. The van der Waals surface area contributed by atoms with Crippen LogP contribution in [0.3, 0.4) is 0 Å². The Bertz CT molecular complexity index is 324. The number of hydrogen-bond donors (Lipinski definition) is 2. The zero-order valence-corrected chi connectivity index (χ0v) is 12.4. The molecule has 0 aromatic heterocycles. The van der Waals surface area contributed by atoms with E-state index in [0.29, 0.717) is 19.0 Å². The van der Waals surface area contributed by atoms with Crippen LogP contribution in [0.5, 0.6) is 0 Å². The van der Waals surface area contributed by atoms with E-state index in [1.54, 1.807) is 13.8 Å². The molecular formula is C10H24ClN3O2S. The molecule has 1 fully saturated rings. The van der Waals surface area contributed by atoms with Gasteiger partial charge >= 0.3 is 0 Å². The van der Waals surface area contributed by atoms with Crippen LogP contribution in [-0.4, -0.2) is 37.9 Å². The molecular weight excluding hydrogens is 262 g/mol. The van der Waals surface area contributed by atoms with Gasteiger partial charge in [-0.3, -0.25) is 0 Å². The molecule has 0 unspecified atom stereocenters. The first-order valence-electron chi connectivity index (χ1n) is 5.76. The van der Waals surface area contributed by atoms with Crippen LogP contribution in [0.2, 0.25) is 0 Å². The van der Waals surface area contributed by atoms with Crippen LogP contribution < -0.4 is 10.5 Å². The van der Waals surface area contributed by atoms with E-state index in [0.717, 1.165) is 12.8 Å². The van der Waals surface area contributed by atoms with Crippen molar-refractivity contribution in [3.63, 3.8) is 0 Å². The maximum absolute atomic E-state index is 12.0. The number of halogens is 1. The summed E-state index contributed by atoms with van der Waals surface area (Å²) in [5.74, 6) is 0.619. The van der Waals surface area contributed by atoms with Gasteiger partial charge in [-0.2, -0.15) is 17.4 Å². The SMILES string of the molecule is CC1CCN(S(=O)(=O)NC(C)(C)CN)CC1.Cl. The Morgan fingerprint density at radius 3 is 2.24 bits per heavy atom. The zero-order chi connectivity index (χ0) is 12.4. The molecule has 7 heteroatoms. The Balaban J connectivity index is 0.00000256. The Labute approximate surface area is 111 Å². The highest BCUT2D eigenvalue weighted by molar-refractivity contribution is 7.87. The van der Waals surface area contributed by atoms with Crippen LogP contribution in [0, 0.1) is 5.92 Å². The van der Waals surface area contributed by atoms with Crippen LogP contribution in [-0.2, 0) is 10.2 Å². The molecule has 0 aromatic carbocycles. The van der Waals surface area contributed by atoms with Crippen LogP contribution >= 0.6 is 12.4 Å². The van der Waals surface area contributed by atoms with Gasteiger partial charge in [0.1, 0.15) is 0 Å². The summed E-state index contributed by atoms with van der Waals surface area (Å²) >= 11 is 0. The Hall–Kier alpha value is 0.120. The molecule has 0 aliphatic carbocycles. The summed E-state index contributed by atoms with van der Waals surface area (Å²) in [6.07, 6.45) is 1.87. The number of piperidine rings is 1. The molecule has 17 heavy (non-hydrogen) atoms. The highest BCUT2D eigenvalue weighted by atomic mass is 35.5. The molecule has 0 atom stereocenters. The van der Waals surface area contributed by atoms with Gasteiger partial charge in [-0.1, -0.05) is 6.92 Å². The average molecular weight is 286 g/mol. The molecule has 3 N–H and O–H groups in total. The fourth-order valence-electron chi connectivity index (χ4n) is 1.68. The van der Waals surface area contributed by atoms with Crippen molar-refractivity contribution in [2.75, 3.05) is 19.6 Å². The minimum Gasteiger partial charge on any atom is -0.329 e. The second-order valence-electron chi connectivity index (χ2n) is 5.28. The Morgan fingerprint density at radius 2 is 1.82 bits per heavy atom. The first-order valence-corrected chi connectivity index (χ1v) is 7.20. The largest absolute Gasteiger partial charge is 0.329 e. The van der Waals surface area contributed by atoms with Crippen LogP contribution in [0.15, 0.2) is 0 Å². The number of nitrogens with one attached hydrogen (secondary N) is 1. The Morgan fingerprint density at radius 1 is 1.35 bits per heavy atom. The van der Waals surface area contributed by atoms with Crippen molar-refractivity contribution in [3.8, 4) is 0 Å². The summed E-state index contributed by atoms with van der Waals surface area (Å²) in [6.45, 7) is 7.24. The molecule has 0 radical (unpaired) electrons. The Kier molecular flexibility index (Phi) is 6.38. The van der Waals surface area contributed by atoms with Crippen LogP contribution in [0.1, 0.15) is 33.6 Å². The van der Waals surface area contributed by atoms with Gasteiger partial charge in [-0.25, -0.2) is 0 Å². The van der Waals surface area contributed by atoms with E-state index < -0.39 is 15.7 Å². The zero-order valence-electron chi connectivity index (χ0n) is 10.8. The summed E-state index contributed by atoms with van der Waals surface area (Å²) in [6, 6.07) is 0. The van der Waals surface area contributed by atoms with Crippen molar-refractivity contribution in [3.05, 3.63) is 0 Å². The van der Waals surface area contributed by atoms with E-state index >= 15 is 0 Å². The highest BCUT2D eigenvalue weighted by Crippen LogP contribution is 2.18. The molecule has 0 bridgehead atoms. The first kappa shape index (κ1) is 17.1. The van der Waals surface area contributed by atoms with Crippen molar-refractivity contribution in [1.29, 1.82) is 0 Å². The second-order valence-corrected chi connectivity index (χ2v) is 6.95. The van der Waals surface area contributed by atoms with E-state index in [-0.39, 0.29) is 19.0 Å². The lowest BCUT2D eigenvalue weighted by molar-refractivity contribution is 0.280. The van der Waals surface area contributed by atoms with Gasteiger partial charge in [0.25, 0.3) is 10.2 Å². The molecule has 0 amide bonds. The lowest BCUT2D eigenvalue weighted by Crippen LogP contribution is -2.55. The average Bonchev–Trinajstić information content (AvgIpc) is 2.17. The third-order valence-electron chi connectivity index (χ3n) is 3.00. The summed E-state index contributed by atoms with van der Waals surface area (Å²) in [5.41, 5.74) is 4.94. The van der Waals surface area contributed by atoms with E-state index in [1.807, 2.05) is 0 Å². The van der Waals surface area contributed by atoms with Gasteiger partial charge in [0.2, 0.25) is 0 Å². The number of nitrogens with zero attached hydrogens (tertiary/aromatic N) is 1. The van der Waals surface area contributed by atoms with Crippen molar-refractivity contribution in [2.45, 2.75) is 39.2 Å². The monoisotopic (exact) mass is 285 g/mol. The molecule has 104 valence electrons. The van der Waals surface area contributed by atoms with Crippen molar-refractivity contribution >= 4 is 22.6 Å². The predicted octanol–water partition coefficient (Wildman–Crippen LogP) is 0.712. The fraction of sp³-hybridized carbons (Fsp3) is 1.00. The van der Waals surface area contributed by atoms with Gasteiger partial charge in [-0.15, -0.1) is 12.4 Å². The molecule has 1 aliphatic heterocycles. The molecule has 1 rings (SSSR count). The summed E-state index contributed by atoms with van der Waals surface area (Å²) in [4.78, 5) is 0. The first-order chi connectivity index (χ1) is 7.27. The maximum atomic E-state index is 12.0.